The highest BCUT2D eigenvalue weighted by molar-refractivity contribution is 7.14. The van der Waals surface area contributed by atoms with Gasteiger partial charge in [0.25, 0.3) is 0 Å². The third-order valence-electron chi connectivity index (χ3n) is 13.3. The van der Waals surface area contributed by atoms with Gasteiger partial charge >= 0.3 is 0 Å². The summed E-state index contributed by atoms with van der Waals surface area (Å²) < 4.78 is 0. The minimum absolute atomic E-state index is 0.255. The molecule has 7 rings (SSSR count). The quantitative estimate of drug-likeness (QED) is 0.0971. The van der Waals surface area contributed by atoms with Gasteiger partial charge in [0.05, 0.1) is 0 Å². The fraction of sp³-hybridized carbons (Fsp3) is 0.259. The van der Waals surface area contributed by atoms with Gasteiger partial charge in [0.2, 0.25) is 0 Å². The molecule has 0 bridgehead atoms. The largest absolute Gasteiger partial charge is 0.162 e. The molecule has 1 aliphatic rings. The second-order valence-corrected chi connectivity index (χ2v) is 21.0. The summed E-state index contributed by atoms with van der Waals surface area (Å²) in [5.41, 5.74) is 21.0. The second kappa shape index (κ2) is 15.3. The Bertz CT molecular complexity index is 2190. The molecule has 0 spiro atoms. The molecule has 6 aromatic rings. The van der Waals surface area contributed by atoms with Crippen LogP contribution in [-0.4, -0.2) is 8.07 Å². The molecule has 278 valence electrons. The van der Waals surface area contributed by atoms with Crippen molar-refractivity contribution in [1.29, 1.82) is 0 Å². The highest BCUT2D eigenvalue weighted by Gasteiger charge is 2.58. The number of hydrogen-bond donors (Lipinski definition) is 0. The summed E-state index contributed by atoms with van der Waals surface area (Å²) >= 11 is 0. The van der Waals surface area contributed by atoms with Crippen LogP contribution < -0.4 is 15.6 Å². The van der Waals surface area contributed by atoms with Crippen molar-refractivity contribution in [2.75, 3.05) is 0 Å². The van der Waals surface area contributed by atoms with Gasteiger partial charge in [0.15, 0.2) is 8.07 Å². The fourth-order valence-corrected chi connectivity index (χ4v) is 16.5. The average molecular weight is 735 g/mol. The van der Waals surface area contributed by atoms with Crippen LogP contribution in [0.4, 0.5) is 0 Å². The molecule has 0 N–H and O–H groups in total. The Morgan fingerprint density at radius 2 is 0.691 bits per heavy atom. The van der Waals surface area contributed by atoms with Crippen molar-refractivity contribution in [3.8, 4) is 0 Å². The molecule has 0 saturated carbocycles. The molecule has 55 heavy (non-hydrogen) atoms. The molecule has 0 heterocycles. The summed E-state index contributed by atoms with van der Waals surface area (Å²) in [6.45, 7) is 23.7. The van der Waals surface area contributed by atoms with Gasteiger partial charge in [-0.1, -0.05) is 152 Å². The summed E-state index contributed by atoms with van der Waals surface area (Å²) in [5, 5.41) is 4.40. The molecule has 0 aromatic heterocycles. The van der Waals surface area contributed by atoms with Gasteiger partial charge < -0.3 is 0 Å². The SMILES string of the molecule is CC1=CC(C)([Si](c2cc(C)c(C)cc2Cc2ccccc2)(c2cc(C)c(C)cc2Cc2ccccc2)c2cc(C)c(C)cc2Cc2ccccc2)C(C)=C1C. The van der Waals surface area contributed by atoms with Gasteiger partial charge in [0, 0.05) is 5.04 Å². The van der Waals surface area contributed by atoms with Crippen LogP contribution in [0.1, 0.15) is 94.5 Å². The molecule has 1 aliphatic carbocycles. The van der Waals surface area contributed by atoms with Gasteiger partial charge in [-0.25, -0.2) is 0 Å². The lowest BCUT2D eigenvalue weighted by Crippen LogP contribution is -2.75. The molecule has 6 aromatic carbocycles. The lowest BCUT2D eigenvalue weighted by molar-refractivity contribution is 0.867. The number of allylic oxidation sites excluding steroid dienone is 4. The van der Waals surface area contributed by atoms with Crippen LogP contribution in [0.25, 0.3) is 0 Å². The maximum absolute atomic E-state index is 3.15. The van der Waals surface area contributed by atoms with E-state index in [0.717, 1.165) is 19.3 Å². The first-order valence-electron chi connectivity index (χ1n) is 20.1. The van der Waals surface area contributed by atoms with Gasteiger partial charge in [-0.3, -0.25) is 0 Å². The van der Waals surface area contributed by atoms with Gasteiger partial charge in [0.1, 0.15) is 0 Å². The van der Waals surface area contributed by atoms with E-state index >= 15 is 0 Å². The Labute approximate surface area is 332 Å². The summed E-state index contributed by atoms with van der Waals surface area (Å²) in [6.07, 6.45) is 5.38. The monoisotopic (exact) mass is 734 g/mol. The van der Waals surface area contributed by atoms with Crippen molar-refractivity contribution >= 4 is 23.6 Å². The normalized spacial score (nSPS) is 15.8. The van der Waals surface area contributed by atoms with Crippen molar-refractivity contribution in [2.24, 2.45) is 0 Å². The maximum Gasteiger partial charge on any atom is 0.162 e. The van der Waals surface area contributed by atoms with Crippen molar-refractivity contribution in [2.45, 2.75) is 93.5 Å². The van der Waals surface area contributed by atoms with Gasteiger partial charge in [-0.15, -0.1) is 0 Å². The molecular formula is C54H58Si. The third kappa shape index (κ3) is 6.93. The minimum atomic E-state index is -3.15. The molecule has 0 saturated heterocycles. The Hall–Kier alpha value is -4.98. The van der Waals surface area contributed by atoms with Crippen LogP contribution in [0.2, 0.25) is 5.04 Å². The zero-order valence-electron chi connectivity index (χ0n) is 34.8. The van der Waals surface area contributed by atoms with Crippen LogP contribution in [0.3, 0.4) is 0 Å². The van der Waals surface area contributed by atoms with Gasteiger partial charge in [-0.2, -0.15) is 0 Å². The molecule has 0 radical (unpaired) electrons. The van der Waals surface area contributed by atoms with E-state index < -0.39 is 8.07 Å². The zero-order valence-corrected chi connectivity index (χ0v) is 35.8. The number of benzene rings is 6. The first kappa shape index (κ1) is 38.3. The van der Waals surface area contributed by atoms with E-state index in [4.69, 9.17) is 0 Å². The van der Waals surface area contributed by atoms with Crippen LogP contribution in [-0.2, 0) is 19.3 Å². The lowest BCUT2D eigenvalue weighted by atomic mass is 9.99. The summed E-state index contributed by atoms with van der Waals surface area (Å²) in [7, 11) is -3.15. The van der Waals surface area contributed by atoms with E-state index in [2.05, 4.69) is 203 Å². The van der Waals surface area contributed by atoms with Crippen molar-refractivity contribution in [3.05, 3.63) is 217 Å². The Kier molecular flexibility index (Phi) is 10.6. The van der Waals surface area contributed by atoms with Crippen LogP contribution in [0.5, 0.6) is 0 Å². The van der Waals surface area contributed by atoms with E-state index in [-0.39, 0.29) is 5.04 Å². The summed E-state index contributed by atoms with van der Waals surface area (Å²) in [6, 6.07) is 49.1. The Balaban J connectivity index is 1.74. The number of rotatable bonds is 10. The molecule has 1 unspecified atom stereocenters. The highest BCUT2D eigenvalue weighted by atomic mass is 28.3. The smallest absolute Gasteiger partial charge is 0.0730 e. The van der Waals surface area contributed by atoms with Crippen molar-refractivity contribution in [1.82, 2.24) is 0 Å². The van der Waals surface area contributed by atoms with Crippen molar-refractivity contribution < 1.29 is 0 Å². The van der Waals surface area contributed by atoms with Gasteiger partial charge in [-0.05, 0) is 169 Å². The lowest BCUT2D eigenvalue weighted by Gasteiger charge is -2.50. The maximum atomic E-state index is 2.70. The molecular weight excluding hydrogens is 677 g/mol. The van der Waals surface area contributed by atoms with E-state index in [1.807, 2.05) is 0 Å². The second-order valence-electron chi connectivity index (χ2n) is 16.8. The topological polar surface area (TPSA) is 0 Å². The number of aryl methyl sites for hydroxylation is 6. The minimum Gasteiger partial charge on any atom is -0.0730 e. The zero-order chi connectivity index (χ0) is 39.1. The predicted molar refractivity (Wildman–Crippen MR) is 241 cm³/mol. The Morgan fingerprint density at radius 1 is 0.400 bits per heavy atom. The first-order chi connectivity index (χ1) is 26.3. The third-order valence-corrected chi connectivity index (χ3v) is 19.2. The molecule has 0 aliphatic heterocycles. The highest BCUT2D eigenvalue weighted by Crippen LogP contribution is 2.54. The first-order valence-corrected chi connectivity index (χ1v) is 22.1. The van der Waals surface area contributed by atoms with E-state index in [1.54, 1.807) is 15.6 Å². The molecule has 1 atom stereocenters. The Morgan fingerprint density at radius 3 is 0.964 bits per heavy atom. The van der Waals surface area contributed by atoms with Crippen LogP contribution in [0, 0.1) is 41.5 Å². The summed E-state index contributed by atoms with van der Waals surface area (Å²) in [4.78, 5) is 0. The fourth-order valence-electron chi connectivity index (χ4n) is 9.56. The van der Waals surface area contributed by atoms with E-state index in [9.17, 15) is 0 Å². The molecule has 0 nitrogen and oxygen atoms in total. The predicted octanol–water partition coefficient (Wildman–Crippen LogP) is 11.8. The van der Waals surface area contributed by atoms with E-state index in [0.29, 0.717) is 0 Å². The molecule has 1 heteroatoms. The van der Waals surface area contributed by atoms with E-state index in [1.165, 1.54) is 83.5 Å². The summed E-state index contributed by atoms with van der Waals surface area (Å²) in [5.74, 6) is 0. The number of hydrogen-bond acceptors (Lipinski definition) is 0. The van der Waals surface area contributed by atoms with Crippen LogP contribution >= 0.6 is 0 Å². The standard InChI is InChI=1S/C54H58Si/c1-36-26-48(32-45-20-14-11-15-21-45)51(29-39(36)4)55(54(10)35-42(7)43(8)44(54)9,52-30-40(5)37(2)27-49(52)33-46-22-16-12-17-23-46)53-31-41(6)38(3)28-50(53)34-47-24-18-13-19-25-47/h11-31,35H,32-34H2,1-10H3. The van der Waals surface area contributed by atoms with Crippen molar-refractivity contribution in [3.63, 3.8) is 0 Å². The average Bonchev–Trinajstić information content (AvgIpc) is 3.37. The molecule has 0 fully saturated rings. The molecule has 0 amide bonds. The van der Waals surface area contributed by atoms with Crippen LogP contribution in [0.15, 0.2) is 150 Å².